The molecule has 0 N–H and O–H groups in total. The largest absolute Gasteiger partial charge is 0.416 e. The van der Waals surface area contributed by atoms with Crippen LogP contribution in [0, 0.1) is 0 Å². The monoisotopic (exact) mass is 396 g/mol. The van der Waals surface area contributed by atoms with Gasteiger partial charge in [-0.25, -0.2) is 9.97 Å². The maximum absolute atomic E-state index is 13.0. The smallest absolute Gasteiger partial charge is 0.415 e. The molecule has 0 unspecified atom stereocenters. The van der Waals surface area contributed by atoms with E-state index in [4.69, 9.17) is 4.42 Å². The Bertz CT molecular complexity index is 980. The summed E-state index contributed by atoms with van der Waals surface area (Å²) in [5, 5.41) is 6.76. The number of hydrogen-bond acceptors (Lipinski definition) is 5. The van der Waals surface area contributed by atoms with Crippen molar-refractivity contribution in [2.45, 2.75) is 37.3 Å². The molecule has 1 aliphatic rings. The number of hydrogen-bond donors (Lipinski definition) is 0. The van der Waals surface area contributed by atoms with E-state index in [0.29, 0.717) is 17.8 Å². The molecule has 1 fully saturated rings. The second-order valence-corrected chi connectivity index (χ2v) is 6.67. The highest BCUT2D eigenvalue weighted by Gasteiger charge is 2.45. The summed E-state index contributed by atoms with van der Waals surface area (Å²) in [6, 6.07) is 5.30. The van der Waals surface area contributed by atoms with Crippen molar-refractivity contribution in [3.8, 4) is 11.5 Å². The molecule has 3 aromatic rings. The van der Waals surface area contributed by atoms with E-state index in [1.807, 2.05) is 0 Å². The van der Waals surface area contributed by atoms with Crippen LogP contribution in [-0.4, -0.2) is 20.2 Å². The molecule has 0 spiro atoms. The number of nitrogens with zero attached hydrogens (tertiary/aromatic N) is 4. The summed E-state index contributed by atoms with van der Waals surface area (Å²) < 4.78 is 68.8. The molecule has 1 saturated carbocycles. The lowest BCUT2D eigenvalue weighted by molar-refractivity contribution is -0.137. The van der Waals surface area contributed by atoms with Gasteiger partial charge in [-0.1, -0.05) is 18.2 Å². The Balaban J connectivity index is 1.53. The van der Waals surface area contributed by atoms with Gasteiger partial charge >= 0.3 is 12.6 Å². The molecule has 0 atom stereocenters. The van der Waals surface area contributed by atoms with Crippen molar-refractivity contribution in [3.05, 3.63) is 59.5 Å². The van der Waals surface area contributed by atoms with E-state index in [1.165, 1.54) is 24.5 Å². The van der Waals surface area contributed by atoms with Gasteiger partial charge in [0.2, 0.25) is 0 Å². The minimum atomic E-state index is -4.40. The predicted molar refractivity (Wildman–Crippen MR) is 86.3 cm³/mol. The van der Waals surface area contributed by atoms with E-state index in [0.717, 1.165) is 18.9 Å². The lowest BCUT2D eigenvalue weighted by atomic mass is 9.90. The van der Waals surface area contributed by atoms with Crippen LogP contribution >= 0.6 is 0 Å². The van der Waals surface area contributed by atoms with Crippen LogP contribution in [-0.2, 0) is 18.0 Å². The quantitative estimate of drug-likeness (QED) is 0.582. The molecule has 0 saturated heterocycles. The Morgan fingerprint density at radius 1 is 1.07 bits per heavy atom. The van der Waals surface area contributed by atoms with Gasteiger partial charge in [0.05, 0.1) is 11.1 Å². The van der Waals surface area contributed by atoms with E-state index in [2.05, 4.69) is 20.2 Å². The van der Waals surface area contributed by atoms with E-state index in [9.17, 15) is 22.0 Å². The summed E-state index contributed by atoms with van der Waals surface area (Å²) in [5.41, 5.74) is -0.213. The Morgan fingerprint density at radius 3 is 2.36 bits per heavy atom. The van der Waals surface area contributed by atoms with Gasteiger partial charge in [0.25, 0.3) is 11.8 Å². The summed E-state index contributed by atoms with van der Waals surface area (Å²) in [5.74, 6) is -0.478. The molecular formula is C18H13F5N4O. The molecular weight excluding hydrogens is 383 g/mol. The lowest BCUT2D eigenvalue weighted by Crippen LogP contribution is -2.14. The molecule has 2 heterocycles. The van der Waals surface area contributed by atoms with E-state index >= 15 is 0 Å². The van der Waals surface area contributed by atoms with Gasteiger partial charge in [-0.2, -0.15) is 22.0 Å². The predicted octanol–water partition coefficient (Wildman–Crippen LogP) is 4.76. The van der Waals surface area contributed by atoms with Gasteiger partial charge < -0.3 is 4.42 Å². The standard InChI is InChI=1S/C18H13F5N4O/c19-14(20)16-27-26-15(28-16)10-8-24-13(25-9-10)7-17(4-5-17)11-2-1-3-12(6-11)18(21,22)23/h1-3,6,8-9,14H,4-5,7H2. The first-order chi connectivity index (χ1) is 13.3. The molecule has 0 aliphatic heterocycles. The Morgan fingerprint density at radius 2 is 1.79 bits per heavy atom. The van der Waals surface area contributed by atoms with E-state index in [1.54, 1.807) is 6.07 Å². The molecule has 0 bridgehead atoms. The number of alkyl halides is 5. The highest BCUT2D eigenvalue weighted by atomic mass is 19.4. The highest BCUT2D eigenvalue weighted by Crippen LogP contribution is 2.51. The van der Waals surface area contributed by atoms with Crippen molar-refractivity contribution in [1.82, 2.24) is 20.2 Å². The van der Waals surface area contributed by atoms with Crippen LogP contribution in [0.2, 0.25) is 0 Å². The van der Waals surface area contributed by atoms with Crippen LogP contribution in [0.15, 0.2) is 41.1 Å². The fourth-order valence-corrected chi connectivity index (χ4v) is 3.04. The second-order valence-electron chi connectivity index (χ2n) is 6.67. The minimum Gasteiger partial charge on any atom is -0.415 e. The first-order valence-electron chi connectivity index (χ1n) is 8.37. The second kappa shape index (κ2) is 6.61. The molecule has 146 valence electrons. The van der Waals surface area contributed by atoms with Crippen LogP contribution in [0.25, 0.3) is 11.5 Å². The molecule has 28 heavy (non-hydrogen) atoms. The fraction of sp³-hybridized carbons (Fsp3) is 0.333. The first-order valence-corrected chi connectivity index (χ1v) is 8.37. The summed E-state index contributed by atoms with van der Waals surface area (Å²) in [6.07, 6.45) is -2.68. The Hall–Kier alpha value is -2.91. The third-order valence-corrected chi connectivity index (χ3v) is 4.73. The topological polar surface area (TPSA) is 64.7 Å². The normalized spacial score (nSPS) is 15.8. The molecule has 1 aromatic carbocycles. The Kier molecular flexibility index (Phi) is 4.35. The molecule has 1 aliphatic carbocycles. The van der Waals surface area contributed by atoms with E-state index in [-0.39, 0.29) is 11.5 Å². The zero-order valence-corrected chi connectivity index (χ0v) is 14.2. The maximum Gasteiger partial charge on any atom is 0.416 e. The molecule has 2 aromatic heterocycles. The van der Waals surface area contributed by atoms with Crippen LogP contribution in [0.1, 0.15) is 42.1 Å². The lowest BCUT2D eigenvalue weighted by Gasteiger charge is -2.17. The molecule has 0 amide bonds. The van der Waals surface area contributed by atoms with Gasteiger partial charge in [0, 0.05) is 24.2 Å². The first kappa shape index (κ1) is 18.5. The highest BCUT2D eigenvalue weighted by molar-refractivity contribution is 5.49. The van der Waals surface area contributed by atoms with Crippen LogP contribution in [0.5, 0.6) is 0 Å². The number of aromatic nitrogens is 4. The SMILES string of the molecule is FC(F)c1nnc(-c2cnc(CC3(c4cccc(C(F)(F)F)c4)CC3)nc2)o1. The average molecular weight is 396 g/mol. The van der Waals surface area contributed by atoms with Crippen molar-refractivity contribution in [3.63, 3.8) is 0 Å². The zero-order chi connectivity index (χ0) is 19.9. The molecule has 0 radical (unpaired) electrons. The van der Waals surface area contributed by atoms with Gasteiger partial charge in [-0.05, 0) is 24.5 Å². The number of halogens is 5. The van der Waals surface area contributed by atoms with Gasteiger partial charge in [-0.3, -0.25) is 0 Å². The summed E-state index contributed by atoms with van der Waals surface area (Å²) in [7, 11) is 0. The molecule has 4 rings (SSSR count). The zero-order valence-electron chi connectivity index (χ0n) is 14.2. The Labute approximate surface area is 155 Å². The summed E-state index contributed by atoms with van der Waals surface area (Å²) in [4.78, 5) is 8.36. The van der Waals surface area contributed by atoms with Crippen LogP contribution in [0.3, 0.4) is 0 Å². The number of benzene rings is 1. The van der Waals surface area contributed by atoms with Crippen LogP contribution in [0.4, 0.5) is 22.0 Å². The van der Waals surface area contributed by atoms with Crippen molar-refractivity contribution >= 4 is 0 Å². The third-order valence-electron chi connectivity index (χ3n) is 4.73. The summed E-state index contributed by atoms with van der Waals surface area (Å²) >= 11 is 0. The van der Waals surface area contributed by atoms with Crippen LogP contribution < -0.4 is 0 Å². The molecule has 10 heteroatoms. The maximum atomic E-state index is 13.0. The van der Waals surface area contributed by atoms with Crippen molar-refractivity contribution in [1.29, 1.82) is 0 Å². The van der Waals surface area contributed by atoms with E-state index < -0.39 is 29.5 Å². The molecule has 5 nitrogen and oxygen atoms in total. The number of rotatable bonds is 5. The van der Waals surface area contributed by atoms with Gasteiger partial charge in [0.1, 0.15) is 5.82 Å². The van der Waals surface area contributed by atoms with Gasteiger partial charge in [-0.15, -0.1) is 10.2 Å². The van der Waals surface area contributed by atoms with Crippen molar-refractivity contribution < 1.29 is 26.4 Å². The van der Waals surface area contributed by atoms with Gasteiger partial charge in [0.15, 0.2) is 0 Å². The van der Waals surface area contributed by atoms with Crippen molar-refractivity contribution in [2.24, 2.45) is 0 Å². The fourth-order valence-electron chi connectivity index (χ4n) is 3.04. The summed E-state index contributed by atoms with van der Waals surface area (Å²) in [6.45, 7) is 0. The van der Waals surface area contributed by atoms with Crippen molar-refractivity contribution in [2.75, 3.05) is 0 Å². The third kappa shape index (κ3) is 3.58. The average Bonchev–Trinajstić information content (AvgIpc) is 3.26. The minimum absolute atomic E-state index is 0.124.